The standard InChI is InChI=1S/C2H6P2/c1-4-2-3/h2H,3H2,1H3. The van der Waals surface area contributed by atoms with E-state index in [0.29, 0.717) is 0 Å². The molecule has 0 amide bonds. The summed E-state index contributed by atoms with van der Waals surface area (Å²) < 4.78 is 0. The number of rotatable bonds is 0. The first-order chi connectivity index (χ1) is 1.91. The maximum Gasteiger partial charge on any atom is -0.0223 e. The van der Waals surface area contributed by atoms with Gasteiger partial charge in [-0.3, -0.25) is 0 Å². The van der Waals surface area contributed by atoms with Crippen LogP contribution in [0.4, 0.5) is 0 Å². The first-order valence-electron chi connectivity index (χ1n) is 1.04. The monoisotopic (exact) mass is 92.0 g/mol. The van der Waals surface area contributed by atoms with Crippen molar-refractivity contribution in [3.63, 3.8) is 0 Å². The van der Waals surface area contributed by atoms with Gasteiger partial charge in [0.05, 0.1) is 0 Å². The summed E-state index contributed by atoms with van der Waals surface area (Å²) in [6.45, 7) is 2.08. The van der Waals surface area contributed by atoms with Gasteiger partial charge in [0, 0.05) is 0 Å². The molecule has 1 atom stereocenters. The van der Waals surface area contributed by atoms with E-state index in [0.717, 1.165) is 0 Å². The summed E-state index contributed by atoms with van der Waals surface area (Å²) in [7, 11) is 3.85. The SMILES string of the molecule is C/P=C\P. The Labute approximate surface area is 30.6 Å². The molecule has 0 aliphatic rings. The first-order valence-corrected chi connectivity index (χ1v) is 3.12. The molecule has 0 saturated carbocycles. The van der Waals surface area contributed by atoms with Crippen molar-refractivity contribution in [1.29, 1.82) is 0 Å². The smallest absolute Gasteiger partial charge is 0.0223 e. The summed E-state index contributed by atoms with van der Waals surface area (Å²) in [6, 6.07) is 0. The van der Waals surface area contributed by atoms with Crippen LogP contribution in [0.25, 0.3) is 0 Å². The molecule has 24 valence electrons. The minimum absolute atomic E-state index is 1.34. The molecule has 0 aliphatic heterocycles. The van der Waals surface area contributed by atoms with E-state index in [1.165, 1.54) is 8.20 Å². The lowest BCUT2D eigenvalue weighted by molar-refractivity contribution is 2.51. The maximum atomic E-state index is 2.52. The van der Waals surface area contributed by atoms with Crippen molar-refractivity contribution in [2.45, 2.75) is 0 Å². The highest BCUT2D eigenvalue weighted by Crippen LogP contribution is 1.83. The second-order valence-electron chi connectivity index (χ2n) is 0.407. The minimum Gasteiger partial charge on any atom is -0.109 e. The van der Waals surface area contributed by atoms with Crippen LogP contribution in [-0.2, 0) is 0 Å². The Morgan fingerprint density at radius 2 is 2.25 bits per heavy atom. The van der Waals surface area contributed by atoms with Crippen molar-refractivity contribution in [3.8, 4) is 0 Å². The second kappa shape index (κ2) is 3.60. The molecule has 0 nitrogen and oxygen atoms in total. The van der Waals surface area contributed by atoms with Crippen molar-refractivity contribution in [1.82, 2.24) is 0 Å². The fourth-order valence-corrected chi connectivity index (χ4v) is 0. The van der Waals surface area contributed by atoms with E-state index in [2.05, 4.69) is 15.9 Å². The predicted octanol–water partition coefficient (Wildman–Crippen LogP) is 1.20. The fourth-order valence-electron chi connectivity index (χ4n) is 0. The zero-order valence-electron chi connectivity index (χ0n) is 2.60. The molecule has 0 aromatic carbocycles. The molecule has 0 aliphatic carbocycles. The maximum absolute atomic E-state index is 2.52. The van der Waals surface area contributed by atoms with Crippen molar-refractivity contribution in [2.75, 3.05) is 6.66 Å². The van der Waals surface area contributed by atoms with Gasteiger partial charge in [-0.15, -0.1) is 17.4 Å². The lowest BCUT2D eigenvalue weighted by Crippen LogP contribution is -1.22. The van der Waals surface area contributed by atoms with Gasteiger partial charge in [0.15, 0.2) is 0 Å². The van der Waals surface area contributed by atoms with Crippen LogP contribution in [-0.4, -0.2) is 12.2 Å². The van der Waals surface area contributed by atoms with Gasteiger partial charge >= 0.3 is 0 Å². The number of hydrogen-bond acceptors (Lipinski definition) is 0. The Hall–Kier alpha value is 0.600. The highest BCUT2D eigenvalue weighted by atomic mass is 31.1. The van der Waals surface area contributed by atoms with Crippen molar-refractivity contribution in [3.05, 3.63) is 0 Å². The zero-order chi connectivity index (χ0) is 3.41. The molecule has 4 heavy (non-hydrogen) atoms. The minimum atomic E-state index is 1.34. The Bertz CT molecular complexity index is 19.2. The highest BCUT2D eigenvalue weighted by Gasteiger charge is 1.34. The van der Waals surface area contributed by atoms with E-state index >= 15 is 0 Å². The largest absolute Gasteiger partial charge is 0.109 e. The molecule has 0 fully saturated rings. The molecule has 0 heterocycles. The van der Waals surface area contributed by atoms with Crippen LogP contribution in [0.15, 0.2) is 0 Å². The lowest BCUT2D eigenvalue weighted by Gasteiger charge is -1.49. The first kappa shape index (κ1) is 4.60. The van der Waals surface area contributed by atoms with E-state index in [1.807, 2.05) is 5.54 Å². The molecule has 2 heteroatoms. The van der Waals surface area contributed by atoms with Gasteiger partial charge < -0.3 is 0 Å². The second-order valence-corrected chi connectivity index (χ2v) is 2.12. The molecule has 0 N–H and O–H groups in total. The van der Waals surface area contributed by atoms with Crippen molar-refractivity contribution in [2.24, 2.45) is 0 Å². The van der Waals surface area contributed by atoms with Gasteiger partial charge in [-0.05, 0) is 12.2 Å². The van der Waals surface area contributed by atoms with E-state index in [-0.39, 0.29) is 0 Å². The normalized spacial score (nSPS) is 9.50. The van der Waals surface area contributed by atoms with Crippen molar-refractivity contribution >= 4 is 23.0 Å². The Morgan fingerprint density at radius 3 is 2.25 bits per heavy atom. The Morgan fingerprint density at radius 1 is 2.00 bits per heavy atom. The average Bonchev–Trinajstić information content (AvgIpc) is 1.37. The molecule has 0 rings (SSSR count). The van der Waals surface area contributed by atoms with Crippen molar-refractivity contribution < 1.29 is 0 Å². The van der Waals surface area contributed by atoms with Gasteiger partial charge in [-0.1, -0.05) is 0 Å². The zero-order valence-corrected chi connectivity index (χ0v) is 4.65. The van der Waals surface area contributed by atoms with Gasteiger partial charge in [-0.25, -0.2) is 0 Å². The van der Waals surface area contributed by atoms with Crippen LogP contribution in [0, 0.1) is 0 Å². The summed E-state index contributed by atoms with van der Waals surface area (Å²) in [4.78, 5) is 0. The third-order valence-corrected chi connectivity index (χ3v) is 1.34. The molecule has 0 saturated heterocycles. The molecule has 0 bridgehead atoms. The summed E-state index contributed by atoms with van der Waals surface area (Å²) in [5.41, 5.74) is 2.01. The average molecular weight is 92.0 g/mol. The van der Waals surface area contributed by atoms with Crippen LogP contribution in [0.1, 0.15) is 0 Å². The molecular formula is C2H6P2. The van der Waals surface area contributed by atoms with Gasteiger partial charge in [0.2, 0.25) is 0 Å². The summed E-state index contributed by atoms with van der Waals surface area (Å²) >= 11 is 0. The molecule has 0 aromatic heterocycles. The quantitative estimate of drug-likeness (QED) is 0.394. The van der Waals surface area contributed by atoms with Gasteiger partial charge in [0.1, 0.15) is 0 Å². The van der Waals surface area contributed by atoms with Crippen LogP contribution >= 0.6 is 17.4 Å². The Balaban J connectivity index is 2.55. The van der Waals surface area contributed by atoms with Crippen LogP contribution in [0.2, 0.25) is 0 Å². The summed E-state index contributed by atoms with van der Waals surface area (Å²) in [6.07, 6.45) is 0. The van der Waals surface area contributed by atoms with Crippen LogP contribution in [0.5, 0.6) is 0 Å². The molecular weight excluding hydrogens is 86.0 g/mol. The molecule has 0 spiro atoms. The molecule has 1 unspecified atom stereocenters. The predicted molar refractivity (Wildman–Crippen MR) is 28.6 cm³/mol. The molecule has 0 aromatic rings. The van der Waals surface area contributed by atoms with E-state index < -0.39 is 0 Å². The topological polar surface area (TPSA) is 0 Å². The van der Waals surface area contributed by atoms with Gasteiger partial charge in [0.25, 0.3) is 0 Å². The van der Waals surface area contributed by atoms with Gasteiger partial charge in [-0.2, -0.15) is 0 Å². The molecule has 0 radical (unpaired) electrons. The summed E-state index contributed by atoms with van der Waals surface area (Å²) in [5.74, 6) is 0. The third-order valence-electron chi connectivity index (χ3n) is 0.149. The third kappa shape index (κ3) is 2.60. The summed E-state index contributed by atoms with van der Waals surface area (Å²) in [5, 5.41) is 0. The van der Waals surface area contributed by atoms with E-state index in [9.17, 15) is 0 Å². The van der Waals surface area contributed by atoms with Crippen LogP contribution < -0.4 is 0 Å². The Kier molecular flexibility index (Phi) is 4.14. The van der Waals surface area contributed by atoms with E-state index in [4.69, 9.17) is 0 Å². The van der Waals surface area contributed by atoms with Crippen LogP contribution in [0.3, 0.4) is 0 Å². The fraction of sp³-hybridized carbons (Fsp3) is 0.500. The lowest BCUT2D eigenvalue weighted by atomic mass is 11.9. The van der Waals surface area contributed by atoms with E-state index in [1.54, 1.807) is 0 Å². The highest BCUT2D eigenvalue weighted by molar-refractivity contribution is 7.59. The number of hydrogen-bond donors (Lipinski definition) is 0.